The molecule has 1 aromatic carbocycles. The second kappa shape index (κ2) is 8.54. The third-order valence-electron chi connectivity index (χ3n) is 4.35. The molecule has 0 aliphatic rings. The number of aromatic nitrogens is 5. The molecule has 0 aliphatic heterocycles. The van der Waals surface area contributed by atoms with Crippen molar-refractivity contribution in [1.82, 2.24) is 24.3 Å². The van der Waals surface area contributed by atoms with Crippen LogP contribution in [-0.2, 0) is 16.3 Å². The molecular weight excluding hydrogens is 452 g/mol. The molecule has 3 heterocycles. The first kappa shape index (κ1) is 22.3. The zero-order valence-corrected chi connectivity index (χ0v) is 18.5. The van der Waals surface area contributed by atoms with Crippen LogP contribution < -0.4 is 10.9 Å². The number of allylic oxidation sites excluding steroid dienone is 1. The van der Waals surface area contributed by atoms with E-state index in [-0.39, 0.29) is 40.6 Å². The molecule has 4 aromatic rings. The molecule has 0 bridgehead atoms. The average molecular weight is 471 g/mol. The van der Waals surface area contributed by atoms with Gasteiger partial charge < -0.3 is 5.32 Å². The molecule has 0 radical (unpaired) electrons. The molecule has 0 atom stereocenters. The SMILES string of the molecule is C=CCn1c(=O)c2cnc(Nc3cc(F)cc(F)c3)nc2n1-c1cccc(N=S(C)(C)=O)n1. The van der Waals surface area contributed by atoms with E-state index in [2.05, 4.69) is 31.2 Å². The number of nitrogens with zero attached hydrogens (tertiary/aromatic N) is 6. The van der Waals surface area contributed by atoms with E-state index in [0.717, 1.165) is 18.2 Å². The van der Waals surface area contributed by atoms with Gasteiger partial charge in [0.25, 0.3) is 5.56 Å². The fraction of sp³-hybridized carbons (Fsp3) is 0.143. The highest BCUT2D eigenvalue weighted by molar-refractivity contribution is 7.92. The molecular formula is C21H19F2N7O2S. The minimum Gasteiger partial charge on any atom is -0.324 e. The minimum atomic E-state index is -2.46. The Morgan fingerprint density at radius 3 is 2.58 bits per heavy atom. The predicted molar refractivity (Wildman–Crippen MR) is 123 cm³/mol. The molecule has 0 fully saturated rings. The number of rotatable bonds is 6. The molecule has 0 unspecified atom stereocenters. The van der Waals surface area contributed by atoms with E-state index in [1.807, 2.05) is 0 Å². The van der Waals surface area contributed by atoms with Crippen LogP contribution in [0.4, 0.5) is 26.2 Å². The molecule has 1 N–H and O–H groups in total. The first-order valence-electron chi connectivity index (χ1n) is 9.62. The highest BCUT2D eigenvalue weighted by Crippen LogP contribution is 2.21. The maximum absolute atomic E-state index is 13.5. The van der Waals surface area contributed by atoms with E-state index in [1.54, 1.807) is 18.2 Å². The Kier molecular flexibility index (Phi) is 5.77. The first-order valence-corrected chi connectivity index (χ1v) is 11.9. The Morgan fingerprint density at radius 1 is 1.18 bits per heavy atom. The van der Waals surface area contributed by atoms with Gasteiger partial charge in [-0.2, -0.15) is 9.35 Å². The monoisotopic (exact) mass is 471 g/mol. The van der Waals surface area contributed by atoms with Gasteiger partial charge in [-0.3, -0.25) is 4.79 Å². The van der Waals surface area contributed by atoms with E-state index in [0.29, 0.717) is 5.82 Å². The van der Waals surface area contributed by atoms with Crippen molar-refractivity contribution in [2.45, 2.75) is 6.54 Å². The van der Waals surface area contributed by atoms with Crippen LogP contribution >= 0.6 is 0 Å². The zero-order chi connectivity index (χ0) is 23.8. The summed E-state index contributed by atoms with van der Waals surface area (Å²) in [5, 5.41) is 2.94. The predicted octanol–water partition coefficient (Wildman–Crippen LogP) is 3.54. The van der Waals surface area contributed by atoms with E-state index in [9.17, 15) is 17.8 Å². The van der Waals surface area contributed by atoms with Crippen LogP contribution in [0.25, 0.3) is 16.9 Å². The zero-order valence-electron chi connectivity index (χ0n) is 17.7. The van der Waals surface area contributed by atoms with Crippen LogP contribution in [0, 0.1) is 11.6 Å². The maximum atomic E-state index is 13.5. The second-order valence-electron chi connectivity index (χ2n) is 7.33. The Hall–Kier alpha value is -3.93. The summed E-state index contributed by atoms with van der Waals surface area (Å²) in [5.41, 5.74) is -0.0763. The van der Waals surface area contributed by atoms with Crippen LogP contribution in [0.2, 0.25) is 0 Å². The standard InChI is InChI=1S/C21H19F2N7O2S/c1-4-8-29-20(31)16-12-24-21(25-15-10-13(22)9-14(23)11-15)27-19(16)30(29)18-7-5-6-17(26-18)28-33(2,3)32/h4-7,9-12H,1,8H2,2-3H3,(H,24,25,27). The molecule has 3 aromatic heterocycles. The summed E-state index contributed by atoms with van der Waals surface area (Å²) < 4.78 is 46.1. The Bertz CT molecular complexity index is 1540. The van der Waals surface area contributed by atoms with Gasteiger partial charge >= 0.3 is 0 Å². The average Bonchev–Trinajstić information content (AvgIpc) is 2.98. The lowest BCUT2D eigenvalue weighted by Gasteiger charge is -2.11. The summed E-state index contributed by atoms with van der Waals surface area (Å²) in [4.78, 5) is 25.9. The van der Waals surface area contributed by atoms with E-state index < -0.39 is 21.4 Å². The van der Waals surface area contributed by atoms with Crippen molar-refractivity contribution >= 4 is 38.2 Å². The molecule has 12 heteroatoms. The fourth-order valence-electron chi connectivity index (χ4n) is 3.17. The largest absolute Gasteiger partial charge is 0.324 e. The van der Waals surface area contributed by atoms with Gasteiger partial charge in [-0.25, -0.2) is 32.3 Å². The third kappa shape index (κ3) is 4.80. The van der Waals surface area contributed by atoms with Crippen molar-refractivity contribution in [2.24, 2.45) is 4.36 Å². The summed E-state index contributed by atoms with van der Waals surface area (Å²) >= 11 is 0. The van der Waals surface area contributed by atoms with Crippen molar-refractivity contribution in [2.75, 3.05) is 17.8 Å². The van der Waals surface area contributed by atoms with E-state index in [4.69, 9.17) is 0 Å². The summed E-state index contributed by atoms with van der Waals surface area (Å²) in [5.74, 6) is -0.982. The van der Waals surface area contributed by atoms with Crippen LogP contribution in [0.3, 0.4) is 0 Å². The smallest absolute Gasteiger partial charge is 0.278 e. The van der Waals surface area contributed by atoms with Crippen LogP contribution in [0.5, 0.6) is 0 Å². The number of anilines is 2. The van der Waals surface area contributed by atoms with E-state index in [1.165, 1.54) is 34.1 Å². The Labute approximate surface area is 187 Å². The van der Waals surface area contributed by atoms with Crippen molar-refractivity contribution < 1.29 is 13.0 Å². The lowest BCUT2D eigenvalue weighted by Crippen LogP contribution is -2.22. The van der Waals surface area contributed by atoms with Gasteiger partial charge in [-0.15, -0.1) is 6.58 Å². The van der Waals surface area contributed by atoms with Gasteiger partial charge in [0.05, 0.1) is 6.54 Å². The molecule has 4 rings (SSSR count). The molecule has 33 heavy (non-hydrogen) atoms. The van der Waals surface area contributed by atoms with Gasteiger partial charge in [0.15, 0.2) is 17.3 Å². The van der Waals surface area contributed by atoms with E-state index >= 15 is 0 Å². The highest BCUT2D eigenvalue weighted by atomic mass is 32.2. The van der Waals surface area contributed by atoms with Crippen LogP contribution in [0.15, 0.2) is 64.4 Å². The van der Waals surface area contributed by atoms with Crippen molar-refractivity contribution in [3.05, 3.63) is 77.2 Å². The summed E-state index contributed by atoms with van der Waals surface area (Å²) in [6.07, 6.45) is 5.83. The third-order valence-corrected chi connectivity index (χ3v) is 4.97. The lowest BCUT2D eigenvalue weighted by molar-refractivity contribution is 0.584. The Balaban J connectivity index is 1.91. The molecule has 170 valence electrons. The minimum absolute atomic E-state index is 0.0166. The summed E-state index contributed by atoms with van der Waals surface area (Å²) in [6, 6.07) is 7.83. The molecule has 0 saturated carbocycles. The topological polar surface area (TPSA) is 107 Å². The van der Waals surface area contributed by atoms with Gasteiger partial charge in [0.1, 0.15) is 17.0 Å². The van der Waals surface area contributed by atoms with Gasteiger partial charge in [-0.05, 0) is 24.3 Å². The normalized spacial score (nSPS) is 11.5. The lowest BCUT2D eigenvalue weighted by atomic mass is 10.3. The first-order chi connectivity index (χ1) is 15.6. The molecule has 0 aliphatic carbocycles. The number of pyridine rings is 1. The van der Waals surface area contributed by atoms with Crippen LogP contribution in [-0.4, -0.2) is 41.0 Å². The number of fused-ring (bicyclic) bond motifs is 1. The maximum Gasteiger partial charge on any atom is 0.278 e. The highest BCUT2D eigenvalue weighted by Gasteiger charge is 2.18. The van der Waals surface area contributed by atoms with Crippen LogP contribution in [0.1, 0.15) is 0 Å². The van der Waals surface area contributed by atoms with Crippen molar-refractivity contribution in [3.63, 3.8) is 0 Å². The number of nitrogens with one attached hydrogen (secondary N) is 1. The summed E-state index contributed by atoms with van der Waals surface area (Å²) in [7, 11) is -2.46. The quantitative estimate of drug-likeness (QED) is 0.431. The number of hydrogen-bond acceptors (Lipinski definition) is 7. The fourth-order valence-corrected chi connectivity index (χ4v) is 3.72. The van der Waals surface area contributed by atoms with Gasteiger partial charge in [0.2, 0.25) is 5.95 Å². The van der Waals surface area contributed by atoms with Gasteiger partial charge in [-0.1, -0.05) is 12.1 Å². The molecule has 0 amide bonds. The number of halogens is 2. The van der Waals surface area contributed by atoms with Crippen molar-refractivity contribution in [1.29, 1.82) is 0 Å². The second-order valence-corrected chi connectivity index (χ2v) is 9.87. The van der Waals surface area contributed by atoms with Crippen molar-refractivity contribution in [3.8, 4) is 5.82 Å². The Morgan fingerprint density at radius 2 is 1.91 bits per heavy atom. The molecule has 9 nitrogen and oxygen atoms in total. The van der Waals surface area contributed by atoms with Gasteiger partial charge in [0, 0.05) is 40.2 Å². The molecule has 0 saturated heterocycles. The number of benzene rings is 1. The summed E-state index contributed by atoms with van der Waals surface area (Å²) in [6.45, 7) is 3.84. The number of hydrogen-bond donors (Lipinski definition) is 1. The molecule has 0 spiro atoms.